The first-order chi connectivity index (χ1) is 12.4. The quantitative estimate of drug-likeness (QED) is 0.289. The molecule has 1 saturated heterocycles. The molecule has 1 aliphatic heterocycles. The van der Waals surface area contributed by atoms with Gasteiger partial charge >= 0.3 is 0 Å². The van der Waals surface area contributed by atoms with E-state index in [-0.39, 0.29) is 11.6 Å². The molecule has 1 heterocycles. The third-order valence-electron chi connectivity index (χ3n) is 3.59. The lowest BCUT2D eigenvalue weighted by Gasteiger charge is -2.13. The highest BCUT2D eigenvalue weighted by Crippen LogP contribution is 2.37. The predicted molar refractivity (Wildman–Crippen MR) is 109 cm³/mol. The lowest BCUT2D eigenvalue weighted by molar-refractivity contribution is -0.384. The van der Waals surface area contributed by atoms with Gasteiger partial charge in [0, 0.05) is 12.1 Å². The number of ether oxygens (including phenoxy) is 1. The lowest BCUT2D eigenvalue weighted by atomic mass is 10.2. The van der Waals surface area contributed by atoms with Gasteiger partial charge in [-0.1, -0.05) is 30.0 Å². The molecule has 0 radical (unpaired) electrons. The molecular formula is C17H11BrN2O4S2. The Morgan fingerprint density at radius 3 is 2.54 bits per heavy atom. The number of thioether (sulfide) groups is 1. The Hall–Kier alpha value is -2.23. The maximum absolute atomic E-state index is 12.7. The number of nitro groups is 1. The van der Waals surface area contributed by atoms with E-state index in [0.29, 0.717) is 20.7 Å². The lowest BCUT2D eigenvalue weighted by Crippen LogP contribution is -2.27. The Morgan fingerprint density at radius 1 is 1.27 bits per heavy atom. The summed E-state index contributed by atoms with van der Waals surface area (Å²) in [7, 11) is 1.58. The number of hydrogen-bond acceptors (Lipinski definition) is 6. The van der Waals surface area contributed by atoms with Crippen molar-refractivity contribution in [2.45, 2.75) is 0 Å². The summed E-state index contributed by atoms with van der Waals surface area (Å²) < 4.78 is 6.35. The first-order valence-electron chi connectivity index (χ1n) is 7.26. The predicted octanol–water partition coefficient (Wildman–Crippen LogP) is 4.77. The molecule has 0 aromatic heterocycles. The SMILES string of the molecule is COc1ccc(/C=C2/SC(=S)N(c3ccc([N+](=O)[O-])cc3)C2=O)cc1Br. The van der Waals surface area contributed by atoms with E-state index < -0.39 is 4.92 Å². The monoisotopic (exact) mass is 450 g/mol. The molecular weight excluding hydrogens is 440 g/mol. The van der Waals surface area contributed by atoms with Crippen molar-refractivity contribution in [2.24, 2.45) is 0 Å². The molecule has 0 unspecified atom stereocenters. The third kappa shape index (κ3) is 3.64. The zero-order chi connectivity index (χ0) is 18.8. The molecule has 0 saturated carbocycles. The van der Waals surface area contributed by atoms with Crippen molar-refractivity contribution in [3.8, 4) is 5.75 Å². The molecule has 2 aromatic rings. The molecule has 0 aliphatic carbocycles. The second kappa shape index (κ2) is 7.56. The minimum absolute atomic E-state index is 0.0437. The number of non-ortho nitro benzene ring substituents is 1. The van der Waals surface area contributed by atoms with Gasteiger partial charge in [-0.3, -0.25) is 19.8 Å². The Kier molecular flexibility index (Phi) is 5.40. The third-order valence-corrected chi connectivity index (χ3v) is 5.51. The normalized spacial score (nSPS) is 15.6. The first kappa shape index (κ1) is 18.6. The van der Waals surface area contributed by atoms with Crippen molar-refractivity contribution in [3.63, 3.8) is 0 Å². The molecule has 0 bridgehead atoms. The summed E-state index contributed by atoms with van der Waals surface area (Å²) in [5.41, 5.74) is 1.28. The summed E-state index contributed by atoms with van der Waals surface area (Å²) in [5.74, 6) is 0.432. The number of halogens is 1. The first-order valence-corrected chi connectivity index (χ1v) is 9.28. The summed E-state index contributed by atoms with van der Waals surface area (Å²) in [5, 5.41) is 10.8. The number of hydrogen-bond donors (Lipinski definition) is 0. The number of nitro benzene ring substituents is 1. The van der Waals surface area contributed by atoms with Crippen LogP contribution in [-0.4, -0.2) is 22.3 Å². The van der Waals surface area contributed by atoms with Gasteiger partial charge in [0.25, 0.3) is 11.6 Å². The molecule has 1 amide bonds. The van der Waals surface area contributed by atoms with Gasteiger partial charge in [-0.05, 0) is 51.8 Å². The zero-order valence-electron chi connectivity index (χ0n) is 13.3. The van der Waals surface area contributed by atoms with Crippen molar-refractivity contribution in [1.82, 2.24) is 0 Å². The average molecular weight is 451 g/mol. The maximum atomic E-state index is 12.7. The average Bonchev–Trinajstić information content (AvgIpc) is 2.89. The van der Waals surface area contributed by atoms with E-state index in [1.54, 1.807) is 19.3 Å². The molecule has 132 valence electrons. The van der Waals surface area contributed by atoms with Crippen LogP contribution < -0.4 is 9.64 Å². The van der Waals surface area contributed by atoms with E-state index >= 15 is 0 Å². The van der Waals surface area contributed by atoms with Gasteiger partial charge in [0.2, 0.25) is 0 Å². The largest absolute Gasteiger partial charge is 0.496 e. The molecule has 9 heteroatoms. The van der Waals surface area contributed by atoms with Gasteiger partial charge in [-0.25, -0.2) is 0 Å². The standard InChI is InChI=1S/C17H11BrN2O4S2/c1-24-14-7-2-10(8-13(14)18)9-15-16(21)19(17(25)26-15)11-3-5-12(6-4-11)20(22)23/h2-9H,1H3/b15-9+. The summed E-state index contributed by atoms with van der Waals surface area (Å²) in [4.78, 5) is 24.8. The molecule has 0 atom stereocenters. The molecule has 3 rings (SSSR count). The highest BCUT2D eigenvalue weighted by Gasteiger charge is 2.33. The van der Waals surface area contributed by atoms with E-state index in [4.69, 9.17) is 17.0 Å². The number of carbonyl (C=O) groups is 1. The fraction of sp³-hybridized carbons (Fsp3) is 0.0588. The number of nitrogens with zero attached hydrogens (tertiary/aromatic N) is 2. The van der Waals surface area contributed by atoms with E-state index in [0.717, 1.165) is 10.0 Å². The minimum Gasteiger partial charge on any atom is -0.496 e. The molecule has 1 aliphatic rings. The van der Waals surface area contributed by atoms with Crippen molar-refractivity contribution >= 4 is 67.6 Å². The fourth-order valence-electron chi connectivity index (χ4n) is 2.34. The fourth-order valence-corrected chi connectivity index (χ4v) is 4.19. The Labute approximate surface area is 167 Å². The second-order valence-corrected chi connectivity index (χ2v) is 7.71. The van der Waals surface area contributed by atoms with Crippen LogP contribution in [0.4, 0.5) is 11.4 Å². The number of rotatable bonds is 4. The smallest absolute Gasteiger partial charge is 0.270 e. The van der Waals surface area contributed by atoms with Crippen LogP contribution in [0.2, 0.25) is 0 Å². The van der Waals surface area contributed by atoms with Crippen LogP contribution in [-0.2, 0) is 4.79 Å². The second-order valence-electron chi connectivity index (χ2n) is 5.18. The van der Waals surface area contributed by atoms with Crippen molar-refractivity contribution in [3.05, 3.63) is 67.5 Å². The van der Waals surface area contributed by atoms with Crippen LogP contribution in [0.1, 0.15) is 5.56 Å². The van der Waals surface area contributed by atoms with Crippen LogP contribution in [0.3, 0.4) is 0 Å². The van der Waals surface area contributed by atoms with Crippen molar-refractivity contribution < 1.29 is 14.5 Å². The summed E-state index contributed by atoms with van der Waals surface area (Å²) in [6, 6.07) is 11.2. The van der Waals surface area contributed by atoms with E-state index in [9.17, 15) is 14.9 Å². The van der Waals surface area contributed by atoms with Gasteiger partial charge in [-0.2, -0.15) is 0 Å². The van der Waals surface area contributed by atoms with Crippen LogP contribution in [0.15, 0.2) is 51.8 Å². The van der Waals surface area contributed by atoms with Gasteiger partial charge < -0.3 is 4.74 Å². The van der Waals surface area contributed by atoms with E-state index in [1.165, 1.54) is 40.9 Å². The van der Waals surface area contributed by atoms with E-state index in [2.05, 4.69) is 15.9 Å². The van der Waals surface area contributed by atoms with Gasteiger partial charge in [0.1, 0.15) is 5.75 Å². The number of amides is 1. The highest BCUT2D eigenvalue weighted by molar-refractivity contribution is 9.10. The number of methoxy groups -OCH3 is 1. The minimum atomic E-state index is -0.491. The number of anilines is 1. The Bertz CT molecular complexity index is 944. The zero-order valence-corrected chi connectivity index (χ0v) is 16.6. The Balaban J connectivity index is 1.88. The number of carbonyl (C=O) groups excluding carboxylic acids is 1. The topological polar surface area (TPSA) is 72.7 Å². The van der Waals surface area contributed by atoms with Gasteiger partial charge in [-0.15, -0.1) is 0 Å². The van der Waals surface area contributed by atoms with Crippen molar-refractivity contribution in [2.75, 3.05) is 12.0 Å². The molecule has 1 fully saturated rings. The molecule has 6 nitrogen and oxygen atoms in total. The van der Waals surface area contributed by atoms with Gasteiger partial charge in [0.15, 0.2) is 4.32 Å². The number of thiocarbonyl (C=S) groups is 1. The summed E-state index contributed by atoms with van der Waals surface area (Å²) in [6.45, 7) is 0. The van der Waals surface area contributed by atoms with E-state index in [1.807, 2.05) is 12.1 Å². The molecule has 26 heavy (non-hydrogen) atoms. The Morgan fingerprint density at radius 2 is 1.96 bits per heavy atom. The molecule has 0 spiro atoms. The number of benzene rings is 2. The maximum Gasteiger partial charge on any atom is 0.270 e. The van der Waals surface area contributed by atoms with Crippen LogP contribution in [0.25, 0.3) is 6.08 Å². The van der Waals surface area contributed by atoms with Crippen LogP contribution in [0, 0.1) is 10.1 Å². The van der Waals surface area contributed by atoms with Gasteiger partial charge in [0.05, 0.1) is 27.1 Å². The molecule has 2 aromatic carbocycles. The summed E-state index contributed by atoms with van der Waals surface area (Å²) in [6.07, 6.45) is 1.74. The van der Waals surface area contributed by atoms with Crippen molar-refractivity contribution in [1.29, 1.82) is 0 Å². The van der Waals surface area contributed by atoms with Crippen LogP contribution >= 0.6 is 39.9 Å². The molecule has 0 N–H and O–H groups in total. The van der Waals surface area contributed by atoms with Crippen LogP contribution in [0.5, 0.6) is 5.75 Å². The summed E-state index contributed by atoms with van der Waals surface area (Å²) >= 11 is 9.91. The highest BCUT2D eigenvalue weighted by atomic mass is 79.9.